The maximum absolute atomic E-state index is 5.67. The van der Waals surface area contributed by atoms with Gasteiger partial charge in [0.2, 0.25) is 0 Å². The highest BCUT2D eigenvalue weighted by Gasteiger charge is 2.23. The zero-order chi connectivity index (χ0) is 9.07. The maximum Gasteiger partial charge on any atom is 0.0101 e. The molecular weight excluding hydrogens is 154 g/mol. The number of hydrogen-bond donors (Lipinski definition) is 2. The van der Waals surface area contributed by atoms with E-state index >= 15 is 0 Å². The molecule has 0 aromatic heterocycles. The van der Waals surface area contributed by atoms with E-state index in [1.54, 1.807) is 0 Å². The van der Waals surface area contributed by atoms with Gasteiger partial charge in [0.1, 0.15) is 0 Å². The Kier molecular flexibility index (Phi) is 4.19. The normalized spacial score (nSPS) is 15.8. The molecule has 0 fully saturated rings. The molecule has 1 nitrogen and oxygen atoms in total. The largest absolute Gasteiger partial charge is 0.330 e. The van der Waals surface area contributed by atoms with E-state index in [-0.39, 0.29) is 5.41 Å². The Labute approximate surface area is 75.5 Å². The molecule has 2 heteroatoms. The summed E-state index contributed by atoms with van der Waals surface area (Å²) in [6.45, 7) is 9.12. The lowest BCUT2D eigenvalue weighted by atomic mass is 9.85. The topological polar surface area (TPSA) is 26.0 Å². The summed E-state index contributed by atoms with van der Waals surface area (Å²) in [6, 6.07) is 0. The van der Waals surface area contributed by atoms with Gasteiger partial charge in [-0.2, -0.15) is 0 Å². The Balaban J connectivity index is 4.64. The third-order valence-electron chi connectivity index (χ3n) is 2.28. The molecule has 0 heterocycles. The smallest absolute Gasteiger partial charge is 0.0101 e. The van der Waals surface area contributed by atoms with Crippen LogP contribution < -0.4 is 5.73 Å². The van der Waals surface area contributed by atoms with Crippen molar-refractivity contribution in [3.8, 4) is 0 Å². The van der Waals surface area contributed by atoms with Crippen molar-refractivity contribution >= 4 is 12.6 Å². The third kappa shape index (κ3) is 2.53. The van der Waals surface area contributed by atoms with Crippen LogP contribution in [0.1, 0.15) is 34.1 Å². The number of nitrogens with two attached hydrogens (primary N) is 1. The first kappa shape index (κ1) is 11.1. The fourth-order valence-electron chi connectivity index (χ4n) is 1.01. The predicted octanol–water partition coefficient (Wildman–Crippen LogP) is 2.59. The van der Waals surface area contributed by atoms with Gasteiger partial charge >= 0.3 is 0 Å². The summed E-state index contributed by atoms with van der Waals surface area (Å²) in [5, 5.41) is 0. The number of rotatable bonds is 3. The number of allylic oxidation sites excluding steroid dienone is 1. The standard InChI is InChI=1S/C9H19NS/c1-5-9(4,6-10)8(11)7(2)3/h11H,5-6,10H2,1-4H3. The summed E-state index contributed by atoms with van der Waals surface area (Å²) in [4.78, 5) is 1.14. The van der Waals surface area contributed by atoms with E-state index in [1.165, 1.54) is 5.57 Å². The van der Waals surface area contributed by atoms with Gasteiger partial charge in [-0.3, -0.25) is 0 Å². The Hall–Kier alpha value is 0.0500. The van der Waals surface area contributed by atoms with Gasteiger partial charge in [0.15, 0.2) is 0 Å². The zero-order valence-corrected chi connectivity index (χ0v) is 8.83. The zero-order valence-electron chi connectivity index (χ0n) is 7.94. The molecule has 0 bridgehead atoms. The summed E-state index contributed by atoms with van der Waals surface area (Å²) < 4.78 is 0. The first-order valence-electron chi connectivity index (χ1n) is 4.05. The molecule has 0 amide bonds. The molecule has 0 saturated heterocycles. The van der Waals surface area contributed by atoms with E-state index in [0.29, 0.717) is 6.54 Å². The fraction of sp³-hybridized carbons (Fsp3) is 0.778. The average Bonchev–Trinajstić information content (AvgIpc) is 2.01. The second kappa shape index (κ2) is 4.17. The molecule has 0 aliphatic heterocycles. The van der Waals surface area contributed by atoms with Gasteiger partial charge in [0.25, 0.3) is 0 Å². The van der Waals surface area contributed by atoms with Crippen molar-refractivity contribution in [3.63, 3.8) is 0 Å². The van der Waals surface area contributed by atoms with Crippen LogP contribution in [0.5, 0.6) is 0 Å². The second-order valence-electron chi connectivity index (χ2n) is 3.47. The highest BCUT2D eigenvalue weighted by atomic mass is 32.1. The van der Waals surface area contributed by atoms with Crippen LogP contribution in [-0.4, -0.2) is 6.54 Å². The molecule has 66 valence electrons. The van der Waals surface area contributed by atoms with Gasteiger partial charge < -0.3 is 5.73 Å². The lowest BCUT2D eigenvalue weighted by Gasteiger charge is -2.27. The minimum absolute atomic E-state index is 0.0853. The van der Waals surface area contributed by atoms with E-state index < -0.39 is 0 Å². The molecule has 11 heavy (non-hydrogen) atoms. The van der Waals surface area contributed by atoms with Crippen molar-refractivity contribution in [2.75, 3.05) is 6.54 Å². The van der Waals surface area contributed by atoms with E-state index in [0.717, 1.165) is 11.3 Å². The summed E-state index contributed by atoms with van der Waals surface area (Å²) in [5.74, 6) is 0. The highest BCUT2D eigenvalue weighted by Crippen LogP contribution is 2.33. The van der Waals surface area contributed by atoms with Gasteiger partial charge in [-0.05, 0) is 25.2 Å². The first-order chi connectivity index (χ1) is 4.98. The van der Waals surface area contributed by atoms with Gasteiger partial charge in [0.05, 0.1) is 0 Å². The second-order valence-corrected chi connectivity index (χ2v) is 3.91. The molecule has 0 saturated carbocycles. The average molecular weight is 173 g/mol. The highest BCUT2D eigenvalue weighted by molar-refractivity contribution is 7.84. The summed E-state index contributed by atoms with van der Waals surface area (Å²) >= 11 is 4.47. The van der Waals surface area contributed by atoms with Crippen LogP contribution >= 0.6 is 12.6 Å². The van der Waals surface area contributed by atoms with Crippen LogP contribution in [0.25, 0.3) is 0 Å². The lowest BCUT2D eigenvalue weighted by Crippen LogP contribution is -2.27. The Morgan fingerprint density at radius 1 is 1.45 bits per heavy atom. The molecule has 0 aliphatic rings. The van der Waals surface area contributed by atoms with Crippen LogP contribution in [0.3, 0.4) is 0 Å². The van der Waals surface area contributed by atoms with Crippen LogP contribution in [0.4, 0.5) is 0 Å². The summed E-state index contributed by atoms with van der Waals surface area (Å²) in [7, 11) is 0. The molecule has 1 unspecified atom stereocenters. The maximum atomic E-state index is 5.67. The predicted molar refractivity (Wildman–Crippen MR) is 54.8 cm³/mol. The van der Waals surface area contributed by atoms with Gasteiger partial charge in [-0.15, -0.1) is 12.6 Å². The van der Waals surface area contributed by atoms with E-state index in [9.17, 15) is 0 Å². The molecule has 0 aromatic rings. The van der Waals surface area contributed by atoms with Gasteiger partial charge in [-0.1, -0.05) is 19.4 Å². The van der Waals surface area contributed by atoms with Crippen LogP contribution in [-0.2, 0) is 0 Å². The molecule has 1 atom stereocenters. The van der Waals surface area contributed by atoms with E-state index in [4.69, 9.17) is 5.73 Å². The van der Waals surface area contributed by atoms with Crippen molar-refractivity contribution in [1.82, 2.24) is 0 Å². The third-order valence-corrected chi connectivity index (χ3v) is 3.26. The lowest BCUT2D eigenvalue weighted by molar-refractivity contribution is 0.414. The van der Waals surface area contributed by atoms with Crippen molar-refractivity contribution in [3.05, 3.63) is 10.5 Å². The Morgan fingerprint density at radius 2 is 1.91 bits per heavy atom. The quantitative estimate of drug-likeness (QED) is 0.630. The minimum atomic E-state index is 0.0853. The minimum Gasteiger partial charge on any atom is -0.330 e. The van der Waals surface area contributed by atoms with Crippen LogP contribution in [0.2, 0.25) is 0 Å². The molecule has 0 radical (unpaired) electrons. The molecule has 2 N–H and O–H groups in total. The number of hydrogen-bond acceptors (Lipinski definition) is 2. The van der Waals surface area contributed by atoms with E-state index in [2.05, 4.69) is 40.3 Å². The van der Waals surface area contributed by atoms with Crippen LogP contribution in [0.15, 0.2) is 10.5 Å². The summed E-state index contributed by atoms with van der Waals surface area (Å²) in [5.41, 5.74) is 7.03. The van der Waals surface area contributed by atoms with E-state index in [1.807, 2.05) is 0 Å². The van der Waals surface area contributed by atoms with Crippen LogP contribution in [0, 0.1) is 5.41 Å². The molecule has 0 aliphatic carbocycles. The van der Waals surface area contributed by atoms with Crippen molar-refractivity contribution in [2.24, 2.45) is 11.1 Å². The van der Waals surface area contributed by atoms with Gasteiger partial charge in [-0.25, -0.2) is 0 Å². The van der Waals surface area contributed by atoms with Crippen molar-refractivity contribution in [1.29, 1.82) is 0 Å². The molecule has 0 rings (SSSR count). The fourth-order valence-corrected chi connectivity index (χ4v) is 1.26. The molecule has 0 aromatic carbocycles. The first-order valence-corrected chi connectivity index (χ1v) is 4.49. The van der Waals surface area contributed by atoms with Crippen molar-refractivity contribution < 1.29 is 0 Å². The molecular formula is C9H19NS. The summed E-state index contributed by atoms with van der Waals surface area (Å²) in [6.07, 6.45) is 1.05. The Morgan fingerprint density at radius 3 is 2.00 bits per heavy atom. The molecule has 0 spiro atoms. The number of thiol groups is 1. The monoisotopic (exact) mass is 173 g/mol. The van der Waals surface area contributed by atoms with Crippen molar-refractivity contribution in [2.45, 2.75) is 34.1 Å². The van der Waals surface area contributed by atoms with Gasteiger partial charge in [0, 0.05) is 12.0 Å². The Bertz CT molecular complexity index is 153. The SMILES string of the molecule is CCC(C)(CN)C(S)=C(C)C.